The minimum atomic E-state index is -2.22. The zero-order valence-electron chi connectivity index (χ0n) is 39.1. The van der Waals surface area contributed by atoms with E-state index in [2.05, 4.69) is 20.9 Å². The fraction of sp³-hybridized carbons (Fsp3) is 0.378. The Kier molecular flexibility index (Phi) is 18.2. The highest BCUT2D eigenvalue weighted by Gasteiger charge is 2.41. The van der Waals surface area contributed by atoms with Crippen molar-refractivity contribution in [2.75, 3.05) is 19.6 Å². The summed E-state index contributed by atoms with van der Waals surface area (Å²) in [5.74, 6) is -7.25. The molecule has 71 heavy (non-hydrogen) atoms. The molecule has 3 aromatic carbocycles. The molecule has 1 unspecified atom stereocenters. The summed E-state index contributed by atoms with van der Waals surface area (Å²) in [5, 5.41) is 40.2. The number of carbonyl (C=O) groups is 7. The van der Waals surface area contributed by atoms with Crippen molar-refractivity contribution in [2.24, 2.45) is 16.8 Å². The Hall–Kier alpha value is -8.10. The molecule has 1 fully saturated rings. The Balaban J connectivity index is 1.40. The molecule has 2 aliphatic heterocycles. The molecule has 0 radical (unpaired) electrons. The fourth-order valence-corrected chi connectivity index (χ4v) is 10.9. The second-order valence-corrected chi connectivity index (χ2v) is 21.3. The lowest BCUT2D eigenvalue weighted by Gasteiger charge is -2.35. The van der Waals surface area contributed by atoms with Crippen molar-refractivity contribution in [3.8, 4) is 0 Å². The van der Waals surface area contributed by atoms with E-state index >= 15 is 0 Å². The van der Waals surface area contributed by atoms with Crippen molar-refractivity contribution in [3.05, 3.63) is 131 Å². The molecule has 0 bridgehead atoms. The molecule has 3 aromatic rings. The number of non-ortho nitro benzene ring substituents is 3. The number of guanidine groups is 1. The maximum absolute atomic E-state index is 14.0. The first kappa shape index (κ1) is 53.8. The van der Waals surface area contributed by atoms with Crippen LogP contribution in [0.4, 0.5) is 26.7 Å². The van der Waals surface area contributed by atoms with Crippen LogP contribution in [0.2, 0.25) is 18.1 Å². The van der Waals surface area contributed by atoms with E-state index in [9.17, 15) is 63.9 Å². The van der Waals surface area contributed by atoms with Gasteiger partial charge in [-0.2, -0.15) is 0 Å². The second-order valence-electron chi connectivity index (χ2n) is 16.5. The standard InChI is InChI=1S/C45H50N8O17Si/c1-6-71(7-2,8-3)70-27(5)35-23-26(4)36(37(47-38(35)54)42(58)67-39(55)28-9-15-32(16-10-28)51(61)62)25-50-22-21-31(24-50)46-43(48-44(59)68-40(56)29-11-17-33(18-12-29)52(63)64)49-45(60)69-41(57)30-13-19-34(20-14-30)53(65)66/h9-20,26-27,31,35H,6-8,21-25H2,1-5H3,(H,47,54)(H2,46,48,49,59,60)/t26-,27-,31+,35?/m1/s1. The van der Waals surface area contributed by atoms with Gasteiger partial charge in [-0.25, -0.2) is 33.8 Å². The van der Waals surface area contributed by atoms with Gasteiger partial charge >= 0.3 is 36.1 Å². The summed E-state index contributed by atoms with van der Waals surface area (Å²) < 4.78 is 21.6. The summed E-state index contributed by atoms with van der Waals surface area (Å²) in [6.07, 6.45) is -3.05. The normalized spacial score (nSPS) is 17.4. The number of carbonyl (C=O) groups excluding carboxylic acids is 7. The maximum atomic E-state index is 14.0. The smallest absolute Gasteiger partial charge is 0.413 e. The molecule has 26 heteroatoms. The molecule has 1 saturated heterocycles. The summed E-state index contributed by atoms with van der Waals surface area (Å²) in [6.45, 7) is 10.1. The van der Waals surface area contributed by atoms with Crippen LogP contribution in [-0.4, -0.2) is 108 Å². The van der Waals surface area contributed by atoms with E-state index in [0.717, 1.165) is 90.9 Å². The average Bonchev–Trinajstić information content (AvgIpc) is 3.74. The Bertz CT molecular complexity index is 2540. The molecule has 0 aromatic heterocycles. The summed E-state index contributed by atoms with van der Waals surface area (Å²) >= 11 is 0. The van der Waals surface area contributed by atoms with Crippen LogP contribution in [0.25, 0.3) is 0 Å². The number of nitro benzene ring substituents is 3. The number of alkyl carbamates (subject to hydrolysis) is 2. The van der Waals surface area contributed by atoms with Crippen molar-refractivity contribution < 1.29 is 67.0 Å². The average molecular weight is 1000 g/mol. The van der Waals surface area contributed by atoms with Crippen LogP contribution in [0.3, 0.4) is 0 Å². The highest BCUT2D eigenvalue weighted by atomic mass is 28.4. The van der Waals surface area contributed by atoms with Crippen LogP contribution < -0.4 is 16.0 Å². The number of rotatable bonds is 16. The van der Waals surface area contributed by atoms with Gasteiger partial charge < -0.3 is 24.0 Å². The zero-order chi connectivity index (χ0) is 52.2. The van der Waals surface area contributed by atoms with Gasteiger partial charge in [0, 0.05) is 56.0 Å². The van der Waals surface area contributed by atoms with Crippen molar-refractivity contribution in [1.82, 2.24) is 20.9 Å². The first-order valence-electron chi connectivity index (χ1n) is 22.2. The summed E-state index contributed by atoms with van der Waals surface area (Å²) in [4.78, 5) is 130. The van der Waals surface area contributed by atoms with Gasteiger partial charge in [0.05, 0.1) is 49.5 Å². The molecule has 0 aliphatic carbocycles. The lowest BCUT2D eigenvalue weighted by atomic mass is 9.87. The number of nitrogens with one attached hydrogen (secondary N) is 3. The number of hydrogen-bond acceptors (Lipinski definition) is 19. The van der Waals surface area contributed by atoms with Gasteiger partial charge in [-0.3, -0.25) is 50.7 Å². The third-order valence-corrected chi connectivity index (χ3v) is 16.9. The number of ether oxygens (including phenoxy) is 3. The van der Waals surface area contributed by atoms with Gasteiger partial charge in [-0.15, -0.1) is 0 Å². The Morgan fingerprint density at radius 1 is 0.718 bits per heavy atom. The molecule has 3 N–H and O–H groups in total. The molecule has 3 amide bonds. The number of amides is 3. The first-order valence-corrected chi connectivity index (χ1v) is 24.8. The number of esters is 4. The molecule has 0 spiro atoms. The van der Waals surface area contributed by atoms with Crippen LogP contribution in [0.5, 0.6) is 0 Å². The van der Waals surface area contributed by atoms with Crippen LogP contribution in [0.15, 0.2) is 89.1 Å². The lowest BCUT2D eigenvalue weighted by Crippen LogP contribution is -2.46. The quantitative estimate of drug-likeness (QED) is 0.0213. The summed E-state index contributed by atoms with van der Waals surface area (Å²) in [7, 11) is -2.22. The maximum Gasteiger partial charge on any atom is 0.421 e. The minimum absolute atomic E-state index is 0.00308. The Morgan fingerprint density at radius 3 is 1.55 bits per heavy atom. The predicted octanol–water partition coefficient (Wildman–Crippen LogP) is 6.09. The molecule has 2 aliphatic rings. The third-order valence-electron chi connectivity index (χ3n) is 12.1. The van der Waals surface area contributed by atoms with Crippen LogP contribution in [0.1, 0.15) is 78.5 Å². The number of nitro groups is 3. The molecule has 5 rings (SSSR count). The van der Waals surface area contributed by atoms with E-state index in [-0.39, 0.29) is 71.9 Å². The number of benzene rings is 3. The van der Waals surface area contributed by atoms with Crippen LogP contribution in [0, 0.1) is 42.2 Å². The van der Waals surface area contributed by atoms with Gasteiger partial charge in [-0.05, 0) is 85.8 Å². The number of aliphatic imine (C=N–C) groups is 1. The Labute approximate surface area is 405 Å². The van der Waals surface area contributed by atoms with Gasteiger partial charge in [0.15, 0.2) is 8.32 Å². The van der Waals surface area contributed by atoms with Crippen molar-refractivity contribution in [3.63, 3.8) is 0 Å². The van der Waals surface area contributed by atoms with Gasteiger partial charge in [-0.1, -0.05) is 27.7 Å². The minimum Gasteiger partial charge on any atom is -0.413 e. The van der Waals surface area contributed by atoms with Gasteiger partial charge in [0.25, 0.3) is 17.1 Å². The largest absolute Gasteiger partial charge is 0.421 e. The van der Waals surface area contributed by atoms with Crippen molar-refractivity contribution >= 4 is 73.3 Å². The molecule has 4 atom stereocenters. The molecular formula is C45H50N8O17Si. The van der Waals surface area contributed by atoms with E-state index in [4.69, 9.17) is 18.6 Å². The Morgan fingerprint density at radius 2 is 1.14 bits per heavy atom. The second kappa shape index (κ2) is 24.0. The van der Waals surface area contributed by atoms with E-state index in [1.54, 1.807) is 6.92 Å². The molecule has 376 valence electrons. The number of hydrogen-bond donors (Lipinski definition) is 3. The predicted molar refractivity (Wildman–Crippen MR) is 250 cm³/mol. The first-order chi connectivity index (χ1) is 33.7. The lowest BCUT2D eigenvalue weighted by molar-refractivity contribution is -0.385. The SMILES string of the molecule is CC[Si](CC)(CC)O[C@H](C)C1C[C@@H](C)C(CN2CC[C@H](N=C(NC(=O)OC(=O)c3ccc([N+](=O)[O-])cc3)NC(=O)OC(=O)c3ccc([N+](=O)[O-])cc3)C2)=C(C(=O)OC(=O)c2ccc([N+](=O)[O-])cc2)NC1=O. The monoisotopic (exact) mass is 1000 g/mol. The zero-order valence-corrected chi connectivity index (χ0v) is 40.1. The number of nitrogens with zero attached hydrogens (tertiary/aromatic N) is 5. The van der Waals surface area contributed by atoms with Gasteiger partial charge in [0.2, 0.25) is 11.9 Å². The van der Waals surface area contributed by atoms with Gasteiger partial charge in [0.1, 0.15) is 5.70 Å². The fourth-order valence-electron chi connectivity index (χ4n) is 7.93. The summed E-state index contributed by atoms with van der Waals surface area (Å²) in [5.41, 5.74) is -1.58. The molecular weight excluding hydrogens is 953 g/mol. The van der Waals surface area contributed by atoms with Crippen LogP contribution in [-0.2, 0) is 28.2 Å². The summed E-state index contributed by atoms with van der Waals surface area (Å²) in [6, 6.07) is 14.2. The topological polar surface area (TPSA) is 338 Å². The third kappa shape index (κ3) is 14.2. The highest BCUT2D eigenvalue weighted by Crippen LogP contribution is 2.34. The number of likely N-dealkylation sites (tertiary alicyclic amines) is 1. The molecule has 25 nitrogen and oxygen atoms in total. The van der Waals surface area contributed by atoms with E-state index in [0.29, 0.717) is 5.57 Å². The van der Waals surface area contributed by atoms with E-state index in [1.807, 2.05) is 32.6 Å². The van der Waals surface area contributed by atoms with Crippen molar-refractivity contribution in [1.29, 1.82) is 0 Å². The highest BCUT2D eigenvalue weighted by molar-refractivity contribution is 6.73. The van der Waals surface area contributed by atoms with Crippen LogP contribution >= 0.6 is 0 Å². The molecule has 0 saturated carbocycles. The van der Waals surface area contributed by atoms with Crippen molar-refractivity contribution in [2.45, 2.75) is 77.7 Å². The van der Waals surface area contributed by atoms with E-state index in [1.165, 1.54) is 0 Å². The molecule has 2 heterocycles. The van der Waals surface area contributed by atoms with E-state index < -0.39 is 95.0 Å².